The van der Waals surface area contributed by atoms with E-state index in [1.54, 1.807) is 5.56 Å². The fourth-order valence-corrected chi connectivity index (χ4v) is 5.54. The van der Waals surface area contributed by atoms with Gasteiger partial charge in [0.25, 0.3) is 0 Å². The van der Waals surface area contributed by atoms with Gasteiger partial charge in [0.2, 0.25) is 0 Å². The summed E-state index contributed by atoms with van der Waals surface area (Å²) in [7, 11) is 1.82. The highest BCUT2D eigenvalue weighted by molar-refractivity contribution is 5.44. The van der Waals surface area contributed by atoms with E-state index >= 15 is 0 Å². The minimum absolute atomic E-state index is 0.635. The molecule has 0 unspecified atom stereocenters. The molecular weight excluding hydrogens is 348 g/mol. The van der Waals surface area contributed by atoms with Gasteiger partial charge in [0.15, 0.2) is 0 Å². The van der Waals surface area contributed by atoms with Crippen LogP contribution >= 0.6 is 0 Å². The maximum atomic E-state index is 5.78. The van der Waals surface area contributed by atoms with Crippen molar-refractivity contribution in [1.29, 1.82) is 0 Å². The Balaban J connectivity index is 1.33. The third-order valence-electron chi connectivity index (χ3n) is 7.08. The van der Waals surface area contributed by atoms with Crippen LogP contribution in [0.2, 0.25) is 0 Å². The van der Waals surface area contributed by atoms with Gasteiger partial charge in [-0.1, -0.05) is 6.07 Å². The van der Waals surface area contributed by atoms with Crippen molar-refractivity contribution in [2.24, 2.45) is 5.92 Å². The molecule has 2 atom stereocenters. The molecule has 0 amide bonds. The summed E-state index contributed by atoms with van der Waals surface area (Å²) in [5.74, 6) is 1.85. The van der Waals surface area contributed by atoms with E-state index in [2.05, 4.69) is 38.8 Å². The van der Waals surface area contributed by atoms with Gasteiger partial charge in [-0.15, -0.1) is 0 Å². The second kappa shape index (κ2) is 7.53. The molecule has 150 valence electrons. The van der Waals surface area contributed by atoms with E-state index in [-0.39, 0.29) is 0 Å². The lowest BCUT2D eigenvalue weighted by Gasteiger charge is -2.36. The summed E-state index contributed by atoms with van der Waals surface area (Å²) in [6.45, 7) is 7.67. The first kappa shape index (κ1) is 18.2. The molecule has 1 aromatic heterocycles. The number of aromatic nitrogens is 2. The molecule has 4 aliphatic rings. The topological polar surface area (TPSA) is 44.4 Å². The van der Waals surface area contributed by atoms with Crippen LogP contribution in [0.1, 0.15) is 47.3 Å². The van der Waals surface area contributed by atoms with Crippen LogP contribution in [0.3, 0.4) is 0 Å². The molecule has 3 fully saturated rings. The van der Waals surface area contributed by atoms with Gasteiger partial charge in [-0.2, -0.15) is 0 Å². The highest BCUT2D eigenvalue weighted by Gasteiger charge is 2.35. The standard InChI is InChI=1S/C23H32N4O/c1-16-22(25-15-24-16)14-26-10-17-6-7-21(13-26)27(11-17)12-20-8-18-4-3-5-19(18)9-23(20)28-2/h8-9,15,17,21H,3-7,10-14H2,1-2H3,(H,24,25)/t17-,21+/m1/s1. The van der Waals surface area contributed by atoms with E-state index in [1.807, 2.05) is 13.4 Å². The van der Waals surface area contributed by atoms with Crippen molar-refractivity contribution in [2.45, 2.75) is 58.2 Å². The molecule has 2 bridgehead atoms. The zero-order valence-corrected chi connectivity index (χ0v) is 17.2. The molecule has 3 saturated heterocycles. The van der Waals surface area contributed by atoms with Gasteiger partial charge in [-0.05, 0) is 62.1 Å². The van der Waals surface area contributed by atoms with E-state index in [0.717, 1.165) is 31.3 Å². The smallest absolute Gasteiger partial charge is 0.123 e. The zero-order valence-electron chi connectivity index (χ0n) is 17.2. The molecule has 5 nitrogen and oxygen atoms in total. The van der Waals surface area contributed by atoms with Crippen molar-refractivity contribution < 1.29 is 4.74 Å². The monoisotopic (exact) mass is 380 g/mol. The molecule has 5 heteroatoms. The Kier molecular flexibility index (Phi) is 4.89. The van der Waals surface area contributed by atoms with Gasteiger partial charge < -0.3 is 9.72 Å². The van der Waals surface area contributed by atoms with Crippen LogP contribution in [-0.2, 0) is 25.9 Å². The second-order valence-electron chi connectivity index (χ2n) is 8.98. The van der Waals surface area contributed by atoms with E-state index < -0.39 is 0 Å². The number of nitrogens with zero attached hydrogens (tertiary/aromatic N) is 3. The summed E-state index contributed by atoms with van der Waals surface area (Å²) >= 11 is 0. The largest absolute Gasteiger partial charge is 0.496 e. The highest BCUT2D eigenvalue weighted by Crippen LogP contribution is 2.34. The SMILES string of the molecule is COc1cc2c(cc1CN1C[C@@H]3CC[C@H]1CN(Cc1nc[nH]c1C)C3)CCC2. The molecule has 1 aliphatic carbocycles. The van der Waals surface area contributed by atoms with Gasteiger partial charge in [0, 0.05) is 50.0 Å². The summed E-state index contributed by atoms with van der Waals surface area (Å²) in [5, 5.41) is 0. The lowest BCUT2D eigenvalue weighted by molar-refractivity contribution is 0.122. The number of methoxy groups -OCH3 is 1. The first-order valence-electron chi connectivity index (χ1n) is 10.8. The summed E-state index contributed by atoms with van der Waals surface area (Å²) in [6, 6.07) is 5.38. The number of hydrogen-bond acceptors (Lipinski definition) is 4. The highest BCUT2D eigenvalue weighted by atomic mass is 16.5. The third kappa shape index (κ3) is 3.46. The molecule has 28 heavy (non-hydrogen) atoms. The van der Waals surface area contributed by atoms with Gasteiger partial charge in [0.1, 0.15) is 5.75 Å². The van der Waals surface area contributed by atoms with Crippen LogP contribution in [0.4, 0.5) is 0 Å². The Morgan fingerprint density at radius 3 is 2.75 bits per heavy atom. The van der Waals surface area contributed by atoms with E-state index in [4.69, 9.17) is 4.74 Å². The average molecular weight is 381 g/mol. The van der Waals surface area contributed by atoms with Gasteiger partial charge in [-0.3, -0.25) is 9.80 Å². The third-order valence-corrected chi connectivity index (χ3v) is 7.08. The summed E-state index contributed by atoms with van der Waals surface area (Å²) in [5.41, 5.74) is 6.83. The zero-order chi connectivity index (χ0) is 19.1. The maximum Gasteiger partial charge on any atom is 0.123 e. The van der Waals surface area contributed by atoms with Crippen molar-refractivity contribution in [3.8, 4) is 5.75 Å². The van der Waals surface area contributed by atoms with Crippen molar-refractivity contribution in [2.75, 3.05) is 26.7 Å². The maximum absolute atomic E-state index is 5.78. The van der Waals surface area contributed by atoms with E-state index in [1.165, 1.54) is 67.7 Å². The predicted octanol–water partition coefficient (Wildman–Crippen LogP) is 3.31. The molecule has 6 rings (SSSR count). The summed E-state index contributed by atoms with van der Waals surface area (Å²) < 4.78 is 5.78. The Morgan fingerprint density at radius 1 is 1.11 bits per heavy atom. The van der Waals surface area contributed by atoms with E-state index in [9.17, 15) is 0 Å². The van der Waals surface area contributed by atoms with Crippen molar-refractivity contribution in [3.63, 3.8) is 0 Å². The molecule has 1 N–H and O–H groups in total. The summed E-state index contributed by atoms with van der Waals surface area (Å²) in [6.07, 6.45) is 8.23. The fraction of sp³-hybridized carbons (Fsp3) is 0.609. The molecule has 2 aromatic rings. The predicted molar refractivity (Wildman–Crippen MR) is 111 cm³/mol. The number of benzene rings is 1. The number of imidazole rings is 1. The van der Waals surface area contributed by atoms with Crippen LogP contribution in [-0.4, -0.2) is 52.6 Å². The number of nitrogens with one attached hydrogen (secondary N) is 1. The lowest BCUT2D eigenvalue weighted by Crippen LogP contribution is -2.43. The molecule has 0 spiro atoms. The van der Waals surface area contributed by atoms with Crippen LogP contribution in [0.25, 0.3) is 0 Å². The van der Waals surface area contributed by atoms with Crippen molar-refractivity contribution in [3.05, 3.63) is 46.5 Å². The number of fused-ring (bicyclic) bond motifs is 5. The van der Waals surface area contributed by atoms with Crippen molar-refractivity contribution >= 4 is 0 Å². The molecule has 0 radical (unpaired) electrons. The minimum Gasteiger partial charge on any atom is -0.496 e. The first-order chi connectivity index (χ1) is 13.7. The number of H-pyrrole nitrogens is 1. The first-order valence-corrected chi connectivity index (χ1v) is 10.8. The number of aryl methyl sites for hydroxylation is 3. The number of piperidine rings is 1. The lowest BCUT2D eigenvalue weighted by atomic mass is 9.94. The Morgan fingerprint density at radius 2 is 1.96 bits per heavy atom. The van der Waals surface area contributed by atoms with Gasteiger partial charge in [0.05, 0.1) is 19.1 Å². The number of rotatable bonds is 5. The number of hydrogen-bond donors (Lipinski definition) is 1. The molecule has 4 heterocycles. The number of ether oxygens (including phenoxy) is 1. The molecule has 3 aliphatic heterocycles. The quantitative estimate of drug-likeness (QED) is 0.864. The second-order valence-corrected chi connectivity index (χ2v) is 8.98. The van der Waals surface area contributed by atoms with Gasteiger partial charge in [-0.25, -0.2) is 4.98 Å². The summed E-state index contributed by atoms with van der Waals surface area (Å²) in [4.78, 5) is 13.1. The molecular formula is C23H32N4O. The fourth-order valence-electron chi connectivity index (χ4n) is 5.54. The van der Waals surface area contributed by atoms with Crippen LogP contribution in [0, 0.1) is 12.8 Å². The van der Waals surface area contributed by atoms with E-state index in [0.29, 0.717) is 6.04 Å². The Labute approximate surface area is 168 Å². The minimum atomic E-state index is 0.635. The average Bonchev–Trinajstić information content (AvgIpc) is 3.21. The Bertz CT molecular complexity index is 845. The van der Waals surface area contributed by atoms with Crippen LogP contribution in [0.15, 0.2) is 18.5 Å². The molecule has 1 aromatic carbocycles. The van der Waals surface area contributed by atoms with Crippen molar-refractivity contribution in [1.82, 2.24) is 19.8 Å². The molecule has 0 saturated carbocycles. The van der Waals surface area contributed by atoms with Gasteiger partial charge >= 0.3 is 0 Å². The normalized spacial score (nSPS) is 25.1. The van der Waals surface area contributed by atoms with Crippen LogP contribution in [0.5, 0.6) is 5.75 Å². The Hall–Kier alpha value is -1.85. The number of aromatic amines is 1. The van der Waals surface area contributed by atoms with Crippen LogP contribution < -0.4 is 4.74 Å².